The second-order valence-electron chi connectivity index (χ2n) is 16.5. The molecule has 1 unspecified atom stereocenters. The maximum absolute atomic E-state index is 13.8. The maximum atomic E-state index is 13.8. The highest BCUT2D eigenvalue weighted by Gasteiger charge is 2.53. The molecule has 2 N–H and O–H groups in total. The standard InChI is InChI=1S/C44H40FN5O6/c45-30-6-1-25(2-7-30)33-11-5-27-15-32(51)10-12-34(27)40(33)26-3-8-31(9-4-26)48-21-44(22-48)23-49(24-44)39(53)20-47-18-28-16-35-36(17-29(28)19-47)43(56)50(42(35)55)37-13-14-38(52)46-41(37)54/h1-4,6-10,12,15-17,33,37,40,51H,5,11,13-14,18-24H2,(H,46,52,54)/t33-,37?,40+/m1/s1. The highest BCUT2D eigenvalue weighted by molar-refractivity contribution is 6.23. The summed E-state index contributed by atoms with van der Waals surface area (Å²) in [5.74, 6) is -1.74. The number of anilines is 1. The molecule has 0 radical (unpaired) electrons. The zero-order chi connectivity index (χ0) is 38.5. The van der Waals surface area contributed by atoms with Gasteiger partial charge in [-0.05, 0) is 107 Å². The van der Waals surface area contributed by atoms with Crippen LogP contribution >= 0.6 is 0 Å². The van der Waals surface area contributed by atoms with Gasteiger partial charge in [0, 0.05) is 62.7 Å². The third-order valence-corrected chi connectivity index (χ3v) is 12.9. The van der Waals surface area contributed by atoms with Crippen LogP contribution in [0.4, 0.5) is 10.1 Å². The van der Waals surface area contributed by atoms with Gasteiger partial charge in [0.15, 0.2) is 0 Å². The third-order valence-electron chi connectivity index (χ3n) is 12.9. The molecule has 0 aromatic heterocycles. The lowest BCUT2D eigenvalue weighted by atomic mass is 9.69. The Bertz CT molecular complexity index is 2300. The molecular weight excluding hydrogens is 714 g/mol. The monoisotopic (exact) mass is 753 g/mol. The average molecular weight is 754 g/mol. The zero-order valence-corrected chi connectivity index (χ0v) is 30.7. The molecule has 11 nitrogen and oxygen atoms in total. The van der Waals surface area contributed by atoms with Crippen molar-refractivity contribution in [1.29, 1.82) is 0 Å². The van der Waals surface area contributed by atoms with Crippen molar-refractivity contribution in [1.82, 2.24) is 20.0 Å². The van der Waals surface area contributed by atoms with Crippen LogP contribution in [0.3, 0.4) is 0 Å². The maximum Gasteiger partial charge on any atom is 0.262 e. The molecule has 4 aromatic rings. The number of rotatable bonds is 6. The summed E-state index contributed by atoms with van der Waals surface area (Å²) in [6.45, 7) is 4.37. The molecule has 5 amide bonds. The normalized spacial score (nSPS) is 23.7. The van der Waals surface area contributed by atoms with Gasteiger partial charge in [0.1, 0.15) is 17.6 Å². The number of hydrogen-bond acceptors (Lipinski definition) is 8. The number of nitrogens with zero attached hydrogens (tertiary/aromatic N) is 4. The Kier molecular flexibility index (Phi) is 7.93. The summed E-state index contributed by atoms with van der Waals surface area (Å²) < 4.78 is 13.8. The minimum Gasteiger partial charge on any atom is -0.508 e. The Morgan fingerprint density at radius 1 is 0.768 bits per heavy atom. The number of halogens is 1. The Labute approximate surface area is 322 Å². The van der Waals surface area contributed by atoms with Crippen molar-refractivity contribution in [3.05, 3.63) is 129 Å². The SMILES string of the molecule is O=C1CCC(N2C(=O)c3cc4c(cc3C2=O)CN(CC(=O)N2CC3(C2)CN(c2ccc([C@@H]5c6ccc(O)cc6CC[C@@H]5c5ccc(F)cc5)cc2)C3)C4)C(=O)N1. The van der Waals surface area contributed by atoms with Crippen LogP contribution in [0.2, 0.25) is 0 Å². The van der Waals surface area contributed by atoms with Gasteiger partial charge in [0.25, 0.3) is 11.8 Å². The summed E-state index contributed by atoms with van der Waals surface area (Å²) in [7, 11) is 0. The molecule has 3 fully saturated rings. The van der Waals surface area contributed by atoms with Crippen LogP contribution in [0.15, 0.2) is 78.9 Å². The summed E-state index contributed by atoms with van der Waals surface area (Å²) in [4.78, 5) is 71.3. The van der Waals surface area contributed by atoms with Gasteiger partial charge in [-0.25, -0.2) is 4.39 Å². The number of aromatic hydroxyl groups is 1. The summed E-state index contributed by atoms with van der Waals surface area (Å²) in [6, 6.07) is 23.7. The van der Waals surface area contributed by atoms with E-state index in [0.29, 0.717) is 26.2 Å². The molecule has 6 aliphatic rings. The first kappa shape index (κ1) is 34.6. The van der Waals surface area contributed by atoms with E-state index in [4.69, 9.17) is 0 Å². The van der Waals surface area contributed by atoms with Crippen LogP contribution in [-0.2, 0) is 33.9 Å². The van der Waals surface area contributed by atoms with Gasteiger partial charge in [0.2, 0.25) is 17.7 Å². The number of phenols is 1. The van der Waals surface area contributed by atoms with Crippen LogP contribution in [0.1, 0.15) is 85.2 Å². The number of phenolic OH excluding ortho intramolecular Hbond substituents is 1. The molecule has 0 saturated carbocycles. The van der Waals surface area contributed by atoms with E-state index in [0.717, 1.165) is 58.8 Å². The van der Waals surface area contributed by atoms with Crippen LogP contribution in [-0.4, -0.2) is 88.1 Å². The minimum absolute atomic E-state index is 0.0618. The van der Waals surface area contributed by atoms with Gasteiger partial charge in [-0.15, -0.1) is 0 Å². The number of benzene rings is 4. The number of carbonyl (C=O) groups is 5. The molecular formula is C44H40FN5O6. The Morgan fingerprint density at radius 3 is 2.09 bits per heavy atom. The Hall–Kier alpha value is -5.88. The molecule has 56 heavy (non-hydrogen) atoms. The quantitative estimate of drug-likeness (QED) is 0.277. The number of aryl methyl sites for hydroxylation is 1. The second kappa shape index (κ2) is 12.8. The topological polar surface area (TPSA) is 131 Å². The van der Waals surface area contributed by atoms with Crippen molar-refractivity contribution < 1.29 is 33.5 Å². The fourth-order valence-electron chi connectivity index (χ4n) is 10.1. The summed E-state index contributed by atoms with van der Waals surface area (Å²) in [5.41, 5.74) is 8.16. The predicted octanol–water partition coefficient (Wildman–Crippen LogP) is 4.46. The van der Waals surface area contributed by atoms with E-state index in [1.165, 1.54) is 23.3 Å². The number of hydrogen-bond donors (Lipinski definition) is 2. The van der Waals surface area contributed by atoms with E-state index >= 15 is 0 Å². The molecule has 5 aliphatic heterocycles. The lowest BCUT2D eigenvalue weighted by Crippen LogP contribution is -2.73. The van der Waals surface area contributed by atoms with E-state index in [1.54, 1.807) is 18.2 Å². The van der Waals surface area contributed by atoms with Crippen molar-refractivity contribution in [2.24, 2.45) is 5.41 Å². The van der Waals surface area contributed by atoms with Crippen molar-refractivity contribution in [3.63, 3.8) is 0 Å². The van der Waals surface area contributed by atoms with Gasteiger partial charge in [-0.3, -0.25) is 39.1 Å². The van der Waals surface area contributed by atoms with Gasteiger partial charge >= 0.3 is 0 Å². The van der Waals surface area contributed by atoms with Gasteiger partial charge < -0.3 is 14.9 Å². The predicted molar refractivity (Wildman–Crippen MR) is 202 cm³/mol. The van der Waals surface area contributed by atoms with Gasteiger partial charge in [-0.2, -0.15) is 0 Å². The van der Waals surface area contributed by atoms with Gasteiger partial charge in [0.05, 0.1) is 17.7 Å². The first-order valence-electron chi connectivity index (χ1n) is 19.3. The third kappa shape index (κ3) is 5.68. The zero-order valence-electron chi connectivity index (χ0n) is 30.7. The van der Waals surface area contributed by atoms with Crippen molar-refractivity contribution in [3.8, 4) is 5.75 Å². The molecule has 0 bridgehead atoms. The lowest BCUT2D eigenvalue weighted by molar-refractivity contribution is -0.146. The van der Waals surface area contributed by atoms with E-state index in [2.05, 4.69) is 34.5 Å². The number of amides is 5. The molecule has 5 heterocycles. The Morgan fingerprint density at radius 2 is 1.43 bits per heavy atom. The Balaban J connectivity index is 0.749. The fraction of sp³-hybridized carbons (Fsp3) is 0.341. The smallest absolute Gasteiger partial charge is 0.262 e. The number of carbonyl (C=O) groups excluding carboxylic acids is 5. The van der Waals surface area contributed by atoms with Crippen molar-refractivity contribution in [2.75, 3.05) is 37.6 Å². The fourth-order valence-corrected chi connectivity index (χ4v) is 10.1. The number of imide groups is 2. The highest BCUT2D eigenvalue weighted by atomic mass is 19.1. The summed E-state index contributed by atoms with van der Waals surface area (Å²) >= 11 is 0. The molecule has 1 spiro atoms. The first-order valence-corrected chi connectivity index (χ1v) is 19.3. The number of fused-ring (bicyclic) bond motifs is 3. The largest absolute Gasteiger partial charge is 0.508 e. The van der Waals surface area contributed by atoms with Crippen LogP contribution in [0.25, 0.3) is 0 Å². The van der Waals surface area contributed by atoms with Crippen molar-refractivity contribution >= 4 is 35.2 Å². The van der Waals surface area contributed by atoms with Crippen molar-refractivity contribution in [2.45, 2.75) is 56.7 Å². The van der Waals surface area contributed by atoms with Gasteiger partial charge in [-0.1, -0.05) is 30.3 Å². The lowest BCUT2D eigenvalue weighted by Gasteiger charge is -2.61. The average Bonchev–Trinajstić information content (AvgIpc) is 3.65. The van der Waals surface area contributed by atoms with E-state index < -0.39 is 29.7 Å². The molecule has 284 valence electrons. The molecule has 3 saturated heterocycles. The molecule has 1 aliphatic carbocycles. The van der Waals surface area contributed by atoms with Crippen LogP contribution in [0, 0.1) is 11.2 Å². The minimum atomic E-state index is -1.00. The molecule has 3 atom stereocenters. The first-order chi connectivity index (χ1) is 27.0. The molecule has 4 aromatic carbocycles. The number of likely N-dealkylation sites (tertiary alicyclic amines) is 1. The highest BCUT2D eigenvalue weighted by Crippen LogP contribution is 2.48. The van der Waals surface area contributed by atoms with Crippen LogP contribution < -0.4 is 10.2 Å². The van der Waals surface area contributed by atoms with E-state index in [9.17, 15) is 33.5 Å². The summed E-state index contributed by atoms with van der Waals surface area (Å²) in [5, 5.41) is 12.4. The van der Waals surface area contributed by atoms with E-state index in [-0.39, 0.29) is 65.2 Å². The molecule has 12 heteroatoms. The second-order valence-corrected chi connectivity index (χ2v) is 16.5. The number of nitrogens with one attached hydrogen (secondary N) is 1. The van der Waals surface area contributed by atoms with E-state index in [1.807, 2.05) is 34.1 Å². The summed E-state index contributed by atoms with van der Waals surface area (Å²) in [6.07, 6.45) is 1.93. The molecule has 10 rings (SSSR count). The number of piperidine rings is 1. The van der Waals surface area contributed by atoms with Crippen LogP contribution in [0.5, 0.6) is 5.75 Å².